The van der Waals surface area contributed by atoms with Crippen molar-refractivity contribution in [3.05, 3.63) is 0 Å². The number of hydrogen-bond donors (Lipinski definition) is 1. The highest BCUT2D eigenvalue weighted by Crippen LogP contribution is 2.29. The summed E-state index contributed by atoms with van der Waals surface area (Å²) in [5, 5.41) is 3.09. The molecule has 1 saturated heterocycles. The van der Waals surface area contributed by atoms with E-state index in [-0.39, 0.29) is 35.7 Å². The first kappa shape index (κ1) is 20.4. The van der Waals surface area contributed by atoms with Gasteiger partial charge in [-0.3, -0.25) is 0 Å². The van der Waals surface area contributed by atoms with Crippen LogP contribution in [0.25, 0.3) is 0 Å². The molecule has 0 aromatic rings. The Hall–Kier alpha value is -0.630. The highest BCUT2D eigenvalue weighted by Gasteiger charge is 2.33. The van der Waals surface area contributed by atoms with Crippen LogP contribution in [0, 0.1) is 0 Å². The van der Waals surface area contributed by atoms with E-state index in [2.05, 4.69) is 5.32 Å². The molecule has 8 heteroatoms. The number of halogens is 3. The zero-order valence-corrected chi connectivity index (χ0v) is 15.0. The summed E-state index contributed by atoms with van der Waals surface area (Å²) in [6.07, 6.45) is 2.25. The molecule has 1 amide bonds. The van der Waals surface area contributed by atoms with Crippen molar-refractivity contribution in [1.82, 2.24) is 10.2 Å². The number of amides is 1. The second-order valence-electron chi connectivity index (χ2n) is 6.85. The fraction of sp³-hybridized carbons (Fsp3) is 0.933. The Bertz CT molecular complexity index is 386. The van der Waals surface area contributed by atoms with E-state index in [1.807, 2.05) is 27.7 Å². The van der Waals surface area contributed by atoms with Crippen LogP contribution in [0.4, 0.5) is 18.0 Å². The van der Waals surface area contributed by atoms with Gasteiger partial charge in [-0.2, -0.15) is 13.2 Å². The van der Waals surface area contributed by atoms with Crippen molar-refractivity contribution in [1.29, 1.82) is 0 Å². The number of hydrogen-bond acceptors (Lipinski definition) is 4. The summed E-state index contributed by atoms with van der Waals surface area (Å²) in [6.45, 7) is 8.40. The minimum absolute atomic E-state index is 0.00567. The number of carbonyl (C=O) groups is 1. The van der Waals surface area contributed by atoms with Crippen LogP contribution in [0.5, 0.6) is 0 Å². The van der Waals surface area contributed by atoms with Gasteiger partial charge in [0.15, 0.2) is 0 Å². The van der Waals surface area contributed by atoms with E-state index >= 15 is 0 Å². The molecule has 0 aromatic carbocycles. The van der Waals surface area contributed by atoms with E-state index in [9.17, 15) is 18.0 Å². The maximum Gasteiger partial charge on any atom is 0.441 e. The third-order valence-electron chi connectivity index (χ3n) is 3.49. The summed E-state index contributed by atoms with van der Waals surface area (Å²) < 4.78 is 41.6. The Labute approximate surface area is 140 Å². The summed E-state index contributed by atoms with van der Waals surface area (Å²) in [4.78, 5) is 13.9. The lowest BCUT2D eigenvalue weighted by molar-refractivity contribution is -0.0328. The first-order valence-corrected chi connectivity index (χ1v) is 8.90. The Kier molecular flexibility index (Phi) is 7.51. The fourth-order valence-corrected chi connectivity index (χ4v) is 3.06. The van der Waals surface area contributed by atoms with Crippen molar-refractivity contribution in [3.8, 4) is 0 Å². The van der Waals surface area contributed by atoms with Crippen LogP contribution >= 0.6 is 11.8 Å². The van der Waals surface area contributed by atoms with Crippen LogP contribution < -0.4 is 5.32 Å². The largest absolute Gasteiger partial charge is 0.444 e. The molecule has 1 rings (SSSR count). The maximum atomic E-state index is 12.2. The van der Waals surface area contributed by atoms with Gasteiger partial charge in [0, 0.05) is 30.9 Å². The Morgan fingerprint density at radius 2 is 2.04 bits per heavy atom. The van der Waals surface area contributed by atoms with Crippen LogP contribution in [0.3, 0.4) is 0 Å². The normalized spacial score (nSPS) is 20.7. The van der Waals surface area contributed by atoms with Gasteiger partial charge in [0.1, 0.15) is 5.60 Å². The zero-order valence-electron chi connectivity index (χ0n) is 14.2. The van der Waals surface area contributed by atoms with E-state index in [0.29, 0.717) is 13.1 Å². The predicted molar refractivity (Wildman–Crippen MR) is 86.6 cm³/mol. The van der Waals surface area contributed by atoms with Gasteiger partial charge < -0.3 is 15.0 Å². The van der Waals surface area contributed by atoms with Gasteiger partial charge in [0.2, 0.25) is 0 Å². The molecule has 136 valence electrons. The van der Waals surface area contributed by atoms with Crippen LogP contribution in [0.1, 0.15) is 47.0 Å². The highest BCUT2D eigenvalue weighted by atomic mass is 32.2. The van der Waals surface area contributed by atoms with Gasteiger partial charge in [0.25, 0.3) is 0 Å². The molecule has 1 heterocycles. The molecule has 2 atom stereocenters. The fourth-order valence-electron chi connectivity index (χ4n) is 2.61. The van der Waals surface area contributed by atoms with Crippen molar-refractivity contribution in [2.75, 3.05) is 18.8 Å². The van der Waals surface area contributed by atoms with Crippen molar-refractivity contribution >= 4 is 17.9 Å². The number of thioether (sulfide) groups is 1. The molecule has 1 aliphatic rings. The number of rotatable bonds is 6. The van der Waals surface area contributed by atoms with Crippen LogP contribution in [0.15, 0.2) is 0 Å². The lowest BCUT2D eigenvalue weighted by atomic mass is 10.1. The van der Waals surface area contributed by atoms with Gasteiger partial charge in [0.05, 0.1) is 0 Å². The second kappa shape index (κ2) is 8.46. The molecule has 0 radical (unpaired) electrons. The molecule has 0 bridgehead atoms. The number of nitrogens with zero attached hydrogens (tertiary/aromatic N) is 1. The van der Waals surface area contributed by atoms with Crippen molar-refractivity contribution in [2.24, 2.45) is 0 Å². The molecular formula is C15H27F3N2O2S. The van der Waals surface area contributed by atoms with Gasteiger partial charge in [-0.05, 0) is 58.7 Å². The number of alkyl halides is 3. The minimum Gasteiger partial charge on any atom is -0.444 e. The average molecular weight is 356 g/mol. The van der Waals surface area contributed by atoms with Crippen molar-refractivity contribution in [3.63, 3.8) is 0 Å². The monoisotopic (exact) mass is 356 g/mol. The number of nitrogens with one attached hydrogen (secondary N) is 1. The Morgan fingerprint density at radius 1 is 1.39 bits per heavy atom. The summed E-state index contributed by atoms with van der Waals surface area (Å²) in [5.41, 5.74) is -4.70. The molecule has 2 unspecified atom stereocenters. The van der Waals surface area contributed by atoms with Gasteiger partial charge in [-0.15, -0.1) is 0 Å². The smallest absolute Gasteiger partial charge is 0.441 e. The SMILES string of the molecule is CC(CC1CCCN1C(=O)OC(C)(C)C)NCCSC(F)(F)F. The molecule has 1 N–H and O–H groups in total. The zero-order chi connectivity index (χ0) is 17.7. The van der Waals surface area contributed by atoms with Gasteiger partial charge >= 0.3 is 11.6 Å². The predicted octanol–water partition coefficient (Wildman–Crippen LogP) is 4.01. The van der Waals surface area contributed by atoms with E-state index in [4.69, 9.17) is 4.74 Å². The summed E-state index contributed by atoms with van der Waals surface area (Å²) in [7, 11) is 0. The van der Waals surface area contributed by atoms with Crippen molar-refractivity contribution in [2.45, 2.75) is 70.2 Å². The lowest BCUT2D eigenvalue weighted by Crippen LogP contribution is -2.42. The molecule has 0 aliphatic carbocycles. The molecule has 23 heavy (non-hydrogen) atoms. The summed E-state index contributed by atoms with van der Waals surface area (Å²) >= 11 is -0.0169. The molecule has 1 fully saturated rings. The number of carbonyl (C=O) groups excluding carboxylic acids is 1. The van der Waals surface area contributed by atoms with Crippen LogP contribution in [0.2, 0.25) is 0 Å². The number of ether oxygens (including phenoxy) is 1. The lowest BCUT2D eigenvalue weighted by Gasteiger charge is -2.30. The third kappa shape index (κ3) is 8.69. The molecular weight excluding hydrogens is 329 g/mol. The van der Waals surface area contributed by atoms with E-state index in [1.54, 1.807) is 4.90 Å². The average Bonchev–Trinajstić information content (AvgIpc) is 2.79. The second-order valence-corrected chi connectivity index (χ2v) is 8.01. The van der Waals surface area contributed by atoms with Gasteiger partial charge in [-0.1, -0.05) is 0 Å². The molecule has 0 saturated carbocycles. The van der Waals surface area contributed by atoms with E-state index in [1.165, 1.54) is 0 Å². The minimum atomic E-state index is -4.18. The Balaban J connectivity index is 2.35. The first-order chi connectivity index (χ1) is 10.5. The maximum absolute atomic E-state index is 12.2. The molecule has 0 spiro atoms. The quantitative estimate of drug-likeness (QED) is 0.730. The molecule has 0 aromatic heterocycles. The van der Waals surface area contributed by atoms with Crippen LogP contribution in [-0.2, 0) is 4.74 Å². The van der Waals surface area contributed by atoms with Crippen LogP contribution in [-0.4, -0.2) is 53.0 Å². The van der Waals surface area contributed by atoms with E-state index in [0.717, 1.165) is 19.3 Å². The summed E-state index contributed by atoms with van der Waals surface area (Å²) in [6, 6.07) is 0.138. The highest BCUT2D eigenvalue weighted by molar-refractivity contribution is 8.00. The first-order valence-electron chi connectivity index (χ1n) is 7.91. The third-order valence-corrected chi connectivity index (χ3v) is 4.23. The number of likely N-dealkylation sites (tertiary alicyclic amines) is 1. The van der Waals surface area contributed by atoms with Gasteiger partial charge in [-0.25, -0.2) is 4.79 Å². The van der Waals surface area contributed by atoms with Crippen molar-refractivity contribution < 1.29 is 22.7 Å². The standard InChI is InChI=1S/C15H27F3N2O2S/c1-11(19-7-9-23-15(16,17)18)10-12-6-5-8-20(12)13(21)22-14(2,3)4/h11-12,19H,5-10H2,1-4H3. The topological polar surface area (TPSA) is 41.6 Å². The molecule has 1 aliphatic heterocycles. The van der Waals surface area contributed by atoms with E-state index < -0.39 is 11.1 Å². The molecule has 4 nitrogen and oxygen atoms in total. The Morgan fingerprint density at radius 3 is 2.61 bits per heavy atom. The summed E-state index contributed by atoms with van der Waals surface area (Å²) in [5.74, 6) is -0.00567.